The molecule has 1 saturated heterocycles. The third-order valence-electron chi connectivity index (χ3n) is 6.42. The predicted molar refractivity (Wildman–Crippen MR) is 111 cm³/mol. The van der Waals surface area contributed by atoms with Gasteiger partial charge in [-0.15, -0.1) is 10.2 Å². The lowest BCUT2D eigenvalue weighted by Crippen LogP contribution is -2.20. The van der Waals surface area contributed by atoms with E-state index in [0.29, 0.717) is 37.1 Å². The molecular formula is C22H33N5O3. The molecule has 1 aromatic heterocycles. The van der Waals surface area contributed by atoms with E-state index in [2.05, 4.69) is 40.5 Å². The average molecular weight is 416 g/mol. The first-order valence-electron chi connectivity index (χ1n) is 11.1. The topological polar surface area (TPSA) is 128 Å². The molecule has 0 aromatic carbocycles. The van der Waals surface area contributed by atoms with E-state index in [1.165, 1.54) is 0 Å². The van der Waals surface area contributed by atoms with Gasteiger partial charge in [-0.05, 0) is 25.2 Å². The summed E-state index contributed by atoms with van der Waals surface area (Å²) in [4.78, 5) is 0. The lowest BCUT2D eigenvalue weighted by molar-refractivity contribution is 0.110. The quantitative estimate of drug-likeness (QED) is 0.396. The molecule has 3 rings (SSSR count). The number of aromatic nitrogens is 4. The van der Waals surface area contributed by atoms with E-state index in [9.17, 15) is 15.5 Å². The van der Waals surface area contributed by atoms with E-state index >= 15 is 0 Å². The van der Waals surface area contributed by atoms with Crippen LogP contribution in [0.4, 0.5) is 0 Å². The largest absolute Gasteiger partial charge is 0.493 e. The van der Waals surface area contributed by atoms with E-state index in [0.717, 1.165) is 31.4 Å². The molecule has 164 valence electrons. The molecule has 1 saturated carbocycles. The van der Waals surface area contributed by atoms with Crippen molar-refractivity contribution >= 4 is 0 Å². The summed E-state index contributed by atoms with van der Waals surface area (Å²) >= 11 is 0. The van der Waals surface area contributed by atoms with Gasteiger partial charge >= 0.3 is 0 Å². The lowest BCUT2D eigenvalue weighted by atomic mass is 9.89. The minimum absolute atomic E-state index is 0.0557. The summed E-state index contributed by atoms with van der Waals surface area (Å²) in [5.74, 6) is 1.68. The summed E-state index contributed by atoms with van der Waals surface area (Å²) in [6, 6.07) is 2.29. The second-order valence-electron chi connectivity index (χ2n) is 8.59. The number of nitrogens with one attached hydrogen (secondary N) is 1. The molecule has 1 unspecified atom stereocenters. The number of allylic oxidation sites excluding steroid dienone is 2. The molecule has 0 amide bonds. The fourth-order valence-corrected chi connectivity index (χ4v) is 4.51. The summed E-state index contributed by atoms with van der Waals surface area (Å²) in [5.41, 5.74) is 0.665. The Bertz CT molecular complexity index is 770. The molecule has 8 nitrogen and oxygen atoms in total. The Hall–Kier alpha value is -2.24. The lowest BCUT2D eigenvalue weighted by Gasteiger charge is -2.18. The van der Waals surface area contributed by atoms with Gasteiger partial charge in [0.2, 0.25) is 0 Å². The number of ether oxygens (including phenoxy) is 1. The zero-order valence-corrected chi connectivity index (χ0v) is 17.9. The molecule has 1 aliphatic carbocycles. The van der Waals surface area contributed by atoms with E-state index in [4.69, 9.17) is 4.74 Å². The van der Waals surface area contributed by atoms with Crippen molar-refractivity contribution in [3.63, 3.8) is 0 Å². The van der Waals surface area contributed by atoms with Crippen molar-refractivity contribution in [1.29, 1.82) is 5.26 Å². The highest BCUT2D eigenvalue weighted by atomic mass is 16.5. The molecule has 2 heterocycles. The molecule has 3 N–H and O–H groups in total. The van der Waals surface area contributed by atoms with E-state index in [-0.39, 0.29) is 23.9 Å². The van der Waals surface area contributed by atoms with Crippen molar-refractivity contribution in [3.05, 3.63) is 29.3 Å². The van der Waals surface area contributed by atoms with Gasteiger partial charge in [0.25, 0.3) is 0 Å². The number of aliphatic hydroxyl groups is 2. The molecule has 0 radical (unpaired) electrons. The highest BCUT2D eigenvalue weighted by Gasteiger charge is 2.47. The Morgan fingerprint density at radius 2 is 2.27 bits per heavy atom. The average Bonchev–Trinajstić information content (AvgIpc) is 3.45. The van der Waals surface area contributed by atoms with Gasteiger partial charge in [-0.25, -0.2) is 0 Å². The van der Waals surface area contributed by atoms with Crippen LogP contribution in [0.2, 0.25) is 0 Å². The summed E-state index contributed by atoms with van der Waals surface area (Å²) in [6.45, 7) is 4.21. The van der Waals surface area contributed by atoms with Crippen molar-refractivity contribution in [2.45, 2.75) is 83.5 Å². The maximum Gasteiger partial charge on any atom is 0.174 e. The van der Waals surface area contributed by atoms with Crippen LogP contribution in [-0.2, 0) is 11.2 Å². The van der Waals surface area contributed by atoms with Gasteiger partial charge in [0, 0.05) is 31.1 Å². The fraction of sp³-hybridized carbons (Fsp3) is 0.727. The maximum absolute atomic E-state index is 10.5. The van der Waals surface area contributed by atoms with Crippen LogP contribution in [0.1, 0.15) is 64.6 Å². The summed E-state index contributed by atoms with van der Waals surface area (Å²) in [5, 5.41) is 44.3. The Balaban J connectivity index is 1.59. The smallest absolute Gasteiger partial charge is 0.174 e. The zero-order chi connectivity index (χ0) is 21.5. The Morgan fingerprint density at radius 3 is 2.97 bits per heavy atom. The molecule has 0 bridgehead atoms. The molecule has 8 heteroatoms. The van der Waals surface area contributed by atoms with Crippen LogP contribution in [0.3, 0.4) is 0 Å². The standard InChI is InChI=1S/C22H33N5O3/c1-3-4-6-14(2)18(28)10-9-16-17-11-20(30-21(17)12-19(16)29)15(13-23)7-5-8-22-24-26-27-25-22/h9-10,14,16-19,21,28-29H,3-8,11-12H2,1-2H3,(H,24,25,26,27)/b10-9+,20-15-/t14?,16-,17-,18+,19-,21+/m1/s1. The van der Waals surface area contributed by atoms with Gasteiger partial charge in [-0.3, -0.25) is 0 Å². The van der Waals surface area contributed by atoms with Crippen LogP contribution in [0.25, 0.3) is 0 Å². The zero-order valence-electron chi connectivity index (χ0n) is 17.9. The molecule has 1 aliphatic heterocycles. The highest BCUT2D eigenvalue weighted by Crippen LogP contribution is 2.46. The van der Waals surface area contributed by atoms with Gasteiger partial charge in [-0.2, -0.15) is 10.5 Å². The molecule has 30 heavy (non-hydrogen) atoms. The van der Waals surface area contributed by atoms with Crippen molar-refractivity contribution in [2.24, 2.45) is 17.8 Å². The Kier molecular flexibility index (Phi) is 8.00. The van der Waals surface area contributed by atoms with Gasteiger partial charge in [0.05, 0.1) is 23.9 Å². The second kappa shape index (κ2) is 10.7. The predicted octanol–water partition coefficient (Wildman–Crippen LogP) is 2.83. The van der Waals surface area contributed by atoms with Crippen LogP contribution in [0, 0.1) is 29.1 Å². The van der Waals surface area contributed by atoms with E-state index in [1.807, 2.05) is 12.2 Å². The number of nitrogens with zero attached hydrogens (tertiary/aromatic N) is 4. The normalized spacial score (nSPS) is 29.4. The summed E-state index contributed by atoms with van der Waals surface area (Å²) in [6.07, 6.45) is 9.21. The minimum atomic E-state index is -0.500. The number of H-pyrrole nitrogens is 1. The third kappa shape index (κ3) is 5.46. The number of aromatic amines is 1. The van der Waals surface area contributed by atoms with Gasteiger partial charge in [0.15, 0.2) is 5.82 Å². The third-order valence-corrected chi connectivity index (χ3v) is 6.42. The minimum Gasteiger partial charge on any atom is -0.493 e. The number of hydrogen-bond donors (Lipinski definition) is 3. The number of aryl methyl sites for hydroxylation is 1. The molecule has 6 atom stereocenters. The number of aliphatic hydroxyl groups excluding tert-OH is 2. The molecular weight excluding hydrogens is 382 g/mol. The van der Waals surface area contributed by atoms with Crippen molar-refractivity contribution < 1.29 is 14.9 Å². The second-order valence-corrected chi connectivity index (χ2v) is 8.59. The molecule has 2 fully saturated rings. The number of rotatable bonds is 10. The molecule has 2 aliphatic rings. The Morgan fingerprint density at radius 1 is 1.43 bits per heavy atom. The Labute approximate surface area is 178 Å². The van der Waals surface area contributed by atoms with Gasteiger partial charge in [-0.1, -0.05) is 44.1 Å². The van der Waals surface area contributed by atoms with E-state index in [1.54, 1.807) is 0 Å². The highest BCUT2D eigenvalue weighted by molar-refractivity contribution is 5.28. The fourth-order valence-electron chi connectivity index (χ4n) is 4.51. The first-order chi connectivity index (χ1) is 14.5. The number of fused-ring (bicyclic) bond motifs is 1. The first kappa shape index (κ1) is 22.4. The molecule has 1 aromatic rings. The van der Waals surface area contributed by atoms with Crippen molar-refractivity contribution in [3.8, 4) is 6.07 Å². The van der Waals surface area contributed by atoms with Gasteiger partial charge < -0.3 is 14.9 Å². The van der Waals surface area contributed by atoms with Crippen LogP contribution in [-0.4, -0.2) is 49.1 Å². The molecule has 0 spiro atoms. The van der Waals surface area contributed by atoms with Crippen LogP contribution in [0.15, 0.2) is 23.5 Å². The number of nitriles is 1. The van der Waals surface area contributed by atoms with Crippen molar-refractivity contribution in [2.75, 3.05) is 0 Å². The van der Waals surface area contributed by atoms with Crippen LogP contribution >= 0.6 is 0 Å². The summed E-state index contributed by atoms with van der Waals surface area (Å²) in [7, 11) is 0. The van der Waals surface area contributed by atoms with Gasteiger partial charge in [0.1, 0.15) is 11.9 Å². The monoisotopic (exact) mass is 415 g/mol. The summed E-state index contributed by atoms with van der Waals surface area (Å²) < 4.78 is 6.09. The van der Waals surface area contributed by atoms with Crippen molar-refractivity contribution in [1.82, 2.24) is 20.6 Å². The maximum atomic E-state index is 10.5. The number of hydrogen-bond acceptors (Lipinski definition) is 7. The van der Waals surface area contributed by atoms with Crippen LogP contribution < -0.4 is 0 Å². The van der Waals surface area contributed by atoms with Crippen LogP contribution in [0.5, 0.6) is 0 Å². The number of tetrazole rings is 1. The SMILES string of the molecule is CCCCC(C)[C@@H](O)/C=C/[C@@H]1[C@H]2C/C(=C(/C#N)CCCc3nn[nH]n3)O[C@H]2C[C@H]1O. The first-order valence-corrected chi connectivity index (χ1v) is 11.1. The number of unbranched alkanes of at least 4 members (excludes halogenated alkanes) is 1. The van der Waals surface area contributed by atoms with E-state index < -0.39 is 12.2 Å².